The van der Waals surface area contributed by atoms with Crippen molar-refractivity contribution in [3.63, 3.8) is 0 Å². The minimum absolute atomic E-state index is 0.430. The van der Waals surface area contributed by atoms with Crippen molar-refractivity contribution in [3.8, 4) is 11.5 Å². The van der Waals surface area contributed by atoms with Crippen LogP contribution in [0.25, 0.3) is 6.08 Å². The molecule has 0 amide bonds. The van der Waals surface area contributed by atoms with Gasteiger partial charge in [-0.15, -0.1) is 11.6 Å². The van der Waals surface area contributed by atoms with Crippen molar-refractivity contribution in [2.75, 3.05) is 20.1 Å². The smallest absolute Gasteiger partial charge is 0.129 e. The fourth-order valence-corrected chi connectivity index (χ4v) is 1.88. The van der Waals surface area contributed by atoms with Crippen molar-refractivity contribution < 1.29 is 9.47 Å². The SMILES string of the molecule is COc1ccc(C=C(CCl)C(C)C)c(OC)c1. The first-order valence-corrected chi connectivity index (χ1v) is 6.14. The van der Waals surface area contributed by atoms with E-state index in [2.05, 4.69) is 19.9 Å². The Kier molecular flexibility index (Phi) is 5.36. The van der Waals surface area contributed by atoms with Crippen LogP contribution >= 0.6 is 11.6 Å². The first kappa shape index (κ1) is 13.9. The molecule has 0 fully saturated rings. The second-order valence-corrected chi connectivity index (χ2v) is 4.38. The second-order valence-electron chi connectivity index (χ2n) is 4.12. The van der Waals surface area contributed by atoms with Crippen LogP contribution in [0.1, 0.15) is 19.4 Å². The Morgan fingerprint density at radius 3 is 2.47 bits per heavy atom. The molecule has 3 heteroatoms. The molecule has 1 rings (SSSR count). The maximum atomic E-state index is 5.93. The molecule has 0 saturated heterocycles. The van der Waals surface area contributed by atoms with Crippen molar-refractivity contribution in [3.05, 3.63) is 29.3 Å². The summed E-state index contributed by atoms with van der Waals surface area (Å²) in [6.07, 6.45) is 2.08. The van der Waals surface area contributed by atoms with Crippen LogP contribution in [-0.4, -0.2) is 20.1 Å². The number of hydrogen-bond donors (Lipinski definition) is 0. The lowest BCUT2D eigenvalue weighted by Gasteiger charge is -2.11. The third-order valence-electron chi connectivity index (χ3n) is 2.68. The van der Waals surface area contributed by atoms with Crippen LogP contribution in [0.2, 0.25) is 0 Å². The average molecular weight is 255 g/mol. The molecular weight excluding hydrogens is 236 g/mol. The Hall–Kier alpha value is -1.15. The molecule has 0 saturated carbocycles. The molecule has 94 valence electrons. The van der Waals surface area contributed by atoms with Gasteiger partial charge in [-0.3, -0.25) is 0 Å². The van der Waals surface area contributed by atoms with Gasteiger partial charge in [0.15, 0.2) is 0 Å². The number of benzene rings is 1. The first-order chi connectivity index (χ1) is 8.12. The summed E-state index contributed by atoms with van der Waals surface area (Å²) in [7, 11) is 3.30. The van der Waals surface area contributed by atoms with Crippen LogP contribution in [0, 0.1) is 5.92 Å². The minimum atomic E-state index is 0.430. The van der Waals surface area contributed by atoms with Crippen LogP contribution in [0.5, 0.6) is 11.5 Å². The fraction of sp³-hybridized carbons (Fsp3) is 0.429. The number of rotatable bonds is 5. The summed E-state index contributed by atoms with van der Waals surface area (Å²) in [4.78, 5) is 0. The third kappa shape index (κ3) is 3.67. The lowest BCUT2D eigenvalue weighted by atomic mass is 10.0. The Labute approximate surface area is 108 Å². The number of ether oxygens (including phenoxy) is 2. The van der Waals surface area contributed by atoms with E-state index in [0.717, 1.165) is 17.1 Å². The van der Waals surface area contributed by atoms with Gasteiger partial charge in [-0.25, -0.2) is 0 Å². The third-order valence-corrected chi connectivity index (χ3v) is 2.99. The fourth-order valence-electron chi connectivity index (χ4n) is 1.50. The first-order valence-electron chi connectivity index (χ1n) is 5.60. The molecule has 0 aliphatic rings. The predicted molar refractivity (Wildman–Crippen MR) is 73.1 cm³/mol. The van der Waals surface area contributed by atoms with Gasteiger partial charge in [-0.05, 0) is 18.1 Å². The summed E-state index contributed by atoms with van der Waals surface area (Å²) in [5, 5.41) is 0. The summed E-state index contributed by atoms with van der Waals surface area (Å²) in [5.41, 5.74) is 2.22. The molecule has 0 spiro atoms. The highest BCUT2D eigenvalue weighted by atomic mass is 35.5. The minimum Gasteiger partial charge on any atom is -0.497 e. The lowest BCUT2D eigenvalue weighted by molar-refractivity contribution is 0.393. The van der Waals surface area contributed by atoms with E-state index in [9.17, 15) is 0 Å². The number of halogens is 1. The van der Waals surface area contributed by atoms with Gasteiger partial charge in [0.2, 0.25) is 0 Å². The summed E-state index contributed by atoms with van der Waals surface area (Å²) < 4.78 is 10.5. The van der Waals surface area contributed by atoms with Gasteiger partial charge in [0.25, 0.3) is 0 Å². The largest absolute Gasteiger partial charge is 0.497 e. The zero-order chi connectivity index (χ0) is 12.8. The molecule has 1 aromatic carbocycles. The Morgan fingerprint density at radius 1 is 1.29 bits per heavy atom. The van der Waals surface area contributed by atoms with Crippen molar-refractivity contribution in [2.24, 2.45) is 5.92 Å². The molecule has 0 aliphatic heterocycles. The summed E-state index contributed by atoms with van der Waals surface area (Å²) in [6.45, 7) is 4.26. The van der Waals surface area contributed by atoms with Crippen molar-refractivity contribution in [1.82, 2.24) is 0 Å². The predicted octanol–water partition coefficient (Wildman–Crippen LogP) is 3.98. The van der Waals surface area contributed by atoms with E-state index in [4.69, 9.17) is 21.1 Å². The lowest BCUT2D eigenvalue weighted by Crippen LogP contribution is -1.96. The van der Waals surface area contributed by atoms with E-state index in [1.807, 2.05) is 18.2 Å². The molecule has 2 nitrogen and oxygen atoms in total. The molecule has 17 heavy (non-hydrogen) atoms. The van der Waals surface area contributed by atoms with Crippen molar-refractivity contribution >= 4 is 17.7 Å². The van der Waals surface area contributed by atoms with E-state index < -0.39 is 0 Å². The van der Waals surface area contributed by atoms with Crippen molar-refractivity contribution in [1.29, 1.82) is 0 Å². The van der Waals surface area contributed by atoms with E-state index in [-0.39, 0.29) is 0 Å². The number of hydrogen-bond acceptors (Lipinski definition) is 2. The molecule has 0 heterocycles. The van der Waals surface area contributed by atoms with Gasteiger partial charge >= 0.3 is 0 Å². The topological polar surface area (TPSA) is 18.5 Å². The zero-order valence-corrected chi connectivity index (χ0v) is 11.5. The normalized spacial score (nSPS) is 11.8. The molecule has 0 unspecified atom stereocenters. The highest BCUT2D eigenvalue weighted by Gasteiger charge is 2.06. The molecule has 0 radical (unpaired) electrons. The summed E-state index contributed by atoms with van der Waals surface area (Å²) >= 11 is 5.93. The summed E-state index contributed by atoms with van der Waals surface area (Å²) in [5.74, 6) is 2.55. The molecule has 0 aromatic heterocycles. The Balaban J connectivity index is 3.13. The Morgan fingerprint density at radius 2 is 2.00 bits per heavy atom. The second kappa shape index (κ2) is 6.55. The van der Waals surface area contributed by atoms with Crippen LogP contribution < -0.4 is 9.47 Å². The zero-order valence-electron chi connectivity index (χ0n) is 10.8. The van der Waals surface area contributed by atoms with Gasteiger partial charge < -0.3 is 9.47 Å². The van der Waals surface area contributed by atoms with Gasteiger partial charge in [0, 0.05) is 17.5 Å². The van der Waals surface area contributed by atoms with Gasteiger partial charge in [0.05, 0.1) is 14.2 Å². The average Bonchev–Trinajstić information content (AvgIpc) is 2.35. The number of allylic oxidation sites excluding steroid dienone is 1. The van der Waals surface area contributed by atoms with E-state index >= 15 is 0 Å². The molecular formula is C14H19ClO2. The highest BCUT2D eigenvalue weighted by molar-refractivity contribution is 6.19. The highest BCUT2D eigenvalue weighted by Crippen LogP contribution is 2.28. The quantitative estimate of drug-likeness (QED) is 0.740. The maximum absolute atomic E-state index is 5.93. The van der Waals surface area contributed by atoms with Crippen LogP contribution in [0.15, 0.2) is 23.8 Å². The van der Waals surface area contributed by atoms with Crippen LogP contribution in [0.3, 0.4) is 0 Å². The van der Waals surface area contributed by atoms with Gasteiger partial charge in [-0.2, -0.15) is 0 Å². The molecule has 0 aliphatic carbocycles. The van der Waals surface area contributed by atoms with E-state index in [1.165, 1.54) is 5.57 Å². The number of methoxy groups -OCH3 is 2. The summed E-state index contributed by atoms with van der Waals surface area (Å²) in [6, 6.07) is 5.77. The van der Waals surface area contributed by atoms with Crippen molar-refractivity contribution in [2.45, 2.75) is 13.8 Å². The Bertz CT molecular complexity index is 397. The standard InChI is InChI=1S/C14H19ClO2/c1-10(2)12(9-15)7-11-5-6-13(16-3)8-14(11)17-4/h5-8,10H,9H2,1-4H3. The van der Waals surface area contributed by atoms with Crippen LogP contribution in [0.4, 0.5) is 0 Å². The maximum Gasteiger partial charge on any atom is 0.129 e. The molecule has 0 bridgehead atoms. The molecule has 0 atom stereocenters. The van der Waals surface area contributed by atoms with E-state index in [0.29, 0.717) is 11.8 Å². The van der Waals surface area contributed by atoms with E-state index in [1.54, 1.807) is 14.2 Å². The van der Waals surface area contributed by atoms with Gasteiger partial charge in [0.1, 0.15) is 11.5 Å². The van der Waals surface area contributed by atoms with Crippen LogP contribution in [-0.2, 0) is 0 Å². The molecule has 1 aromatic rings. The monoisotopic (exact) mass is 254 g/mol. The van der Waals surface area contributed by atoms with Gasteiger partial charge in [-0.1, -0.05) is 25.5 Å². The molecule has 0 N–H and O–H groups in total. The number of alkyl halides is 1.